The Balaban J connectivity index is 1.91. The van der Waals surface area contributed by atoms with E-state index in [1.807, 2.05) is 6.08 Å². The van der Waals surface area contributed by atoms with Gasteiger partial charge in [-0.2, -0.15) is 0 Å². The minimum absolute atomic E-state index is 0.0854. The third-order valence-corrected chi connectivity index (χ3v) is 7.37. The number of carbonyl (C=O) groups excluding carboxylic acids is 1. The number of carbonyl (C=O) groups is 1. The molecular formula is C27H40O6. The predicted molar refractivity (Wildman–Crippen MR) is 128 cm³/mol. The fourth-order valence-corrected chi connectivity index (χ4v) is 5.38. The molecule has 1 spiro atoms. The Hall–Kier alpha value is -2.08. The maximum atomic E-state index is 12.3. The van der Waals surface area contributed by atoms with E-state index in [9.17, 15) is 14.7 Å². The van der Waals surface area contributed by atoms with Gasteiger partial charge >= 0.3 is 11.6 Å². The van der Waals surface area contributed by atoms with Gasteiger partial charge in [0.15, 0.2) is 0 Å². The Bertz CT molecular complexity index is 872. The van der Waals surface area contributed by atoms with Gasteiger partial charge in [-0.1, -0.05) is 84.1 Å². The zero-order valence-electron chi connectivity index (χ0n) is 20.3. The summed E-state index contributed by atoms with van der Waals surface area (Å²) in [4.78, 5) is 24.3. The van der Waals surface area contributed by atoms with E-state index in [2.05, 4.69) is 13.8 Å². The number of rotatable bonds is 12. The first-order valence-electron chi connectivity index (χ1n) is 12.8. The van der Waals surface area contributed by atoms with Gasteiger partial charge in [-0.15, -0.1) is 0 Å². The second-order valence-electron chi connectivity index (χ2n) is 9.75. The first-order valence-corrected chi connectivity index (χ1v) is 12.8. The minimum Gasteiger partial charge on any atom is -0.507 e. The standard InChI is InChI=1S/C27H40O6/c1-3-5-7-9-10-12-15-26(14-11-8-6-4-2)20-31-25(30)19-32-27(26)16-13-21-22(28)17-24(29)33-23(21)18-27/h13,16-17,28H,3-12,14-15,18-20H2,1-2H3. The zero-order valence-corrected chi connectivity index (χ0v) is 20.3. The number of fused-ring (bicyclic) bond motifs is 1. The lowest BCUT2D eigenvalue weighted by Gasteiger charge is -2.48. The van der Waals surface area contributed by atoms with Gasteiger partial charge in [0.1, 0.15) is 30.3 Å². The lowest BCUT2D eigenvalue weighted by atomic mass is 9.62. The summed E-state index contributed by atoms with van der Waals surface area (Å²) in [6, 6.07) is 1.09. The molecule has 1 aromatic rings. The first kappa shape index (κ1) is 25.5. The van der Waals surface area contributed by atoms with Crippen LogP contribution in [-0.2, 0) is 20.7 Å². The molecule has 6 heteroatoms. The summed E-state index contributed by atoms with van der Waals surface area (Å²) in [7, 11) is 0. The van der Waals surface area contributed by atoms with Crippen molar-refractivity contribution in [2.75, 3.05) is 13.2 Å². The molecule has 6 nitrogen and oxygen atoms in total. The molecule has 0 bridgehead atoms. The fraction of sp³-hybridized carbons (Fsp3) is 0.704. The predicted octanol–water partition coefficient (Wildman–Crippen LogP) is 5.93. The van der Waals surface area contributed by atoms with Gasteiger partial charge in [-0.3, -0.25) is 0 Å². The normalized spacial score (nSPS) is 24.5. The van der Waals surface area contributed by atoms with Crippen LogP contribution in [0.2, 0.25) is 0 Å². The average molecular weight is 461 g/mol. The monoisotopic (exact) mass is 460 g/mol. The summed E-state index contributed by atoms with van der Waals surface area (Å²) in [6.07, 6.45) is 17.4. The number of hydrogen-bond donors (Lipinski definition) is 1. The number of hydrogen-bond acceptors (Lipinski definition) is 6. The van der Waals surface area contributed by atoms with E-state index in [1.165, 1.54) is 32.1 Å². The van der Waals surface area contributed by atoms with Crippen LogP contribution in [0.1, 0.15) is 102 Å². The largest absolute Gasteiger partial charge is 0.507 e. The molecule has 1 aliphatic heterocycles. The second kappa shape index (κ2) is 11.9. The molecule has 2 heterocycles. The third kappa shape index (κ3) is 6.08. The lowest BCUT2D eigenvalue weighted by molar-refractivity contribution is -0.147. The molecule has 0 radical (unpaired) electrons. The van der Waals surface area contributed by atoms with E-state index < -0.39 is 16.6 Å². The van der Waals surface area contributed by atoms with E-state index in [0.717, 1.165) is 51.0 Å². The van der Waals surface area contributed by atoms with Crippen LogP contribution in [0.5, 0.6) is 5.75 Å². The topological polar surface area (TPSA) is 86.0 Å². The molecule has 184 valence electrons. The molecule has 0 aromatic carbocycles. The first-order chi connectivity index (χ1) is 16.0. The summed E-state index contributed by atoms with van der Waals surface area (Å²) in [5.41, 5.74) is -1.29. The number of cyclic esters (lactones) is 1. The molecule has 0 saturated carbocycles. The molecule has 1 saturated heterocycles. The highest BCUT2D eigenvalue weighted by Crippen LogP contribution is 2.51. The molecule has 1 aromatic heterocycles. The molecule has 2 unspecified atom stereocenters. The molecule has 0 amide bonds. The summed E-state index contributed by atoms with van der Waals surface area (Å²) in [5, 5.41) is 10.3. The van der Waals surface area contributed by atoms with Crippen LogP contribution in [0.25, 0.3) is 6.08 Å². The maximum Gasteiger partial charge on any atom is 0.339 e. The Labute approximate surface area is 197 Å². The van der Waals surface area contributed by atoms with Gasteiger partial charge in [-0.25, -0.2) is 9.59 Å². The van der Waals surface area contributed by atoms with Crippen LogP contribution < -0.4 is 5.63 Å². The number of unbranched alkanes of at least 4 members (excludes halogenated alkanes) is 8. The van der Waals surface area contributed by atoms with Crippen LogP contribution in [0.15, 0.2) is 21.4 Å². The van der Waals surface area contributed by atoms with Crippen molar-refractivity contribution >= 4 is 12.0 Å². The van der Waals surface area contributed by atoms with E-state index >= 15 is 0 Å². The van der Waals surface area contributed by atoms with E-state index in [-0.39, 0.29) is 18.3 Å². The van der Waals surface area contributed by atoms with Crippen molar-refractivity contribution in [2.24, 2.45) is 5.41 Å². The van der Waals surface area contributed by atoms with E-state index in [1.54, 1.807) is 6.08 Å². The zero-order chi connectivity index (χ0) is 23.7. The Morgan fingerprint density at radius 2 is 1.58 bits per heavy atom. The Kier molecular flexibility index (Phi) is 9.19. The lowest BCUT2D eigenvalue weighted by Crippen LogP contribution is -2.53. The van der Waals surface area contributed by atoms with E-state index in [0.29, 0.717) is 24.4 Å². The highest BCUT2D eigenvalue weighted by atomic mass is 16.6. The molecule has 33 heavy (non-hydrogen) atoms. The van der Waals surface area contributed by atoms with Crippen molar-refractivity contribution < 1.29 is 23.8 Å². The summed E-state index contributed by atoms with van der Waals surface area (Å²) in [6.45, 7) is 4.58. The van der Waals surface area contributed by atoms with Crippen LogP contribution in [0.3, 0.4) is 0 Å². The molecule has 2 aliphatic rings. The van der Waals surface area contributed by atoms with Crippen molar-refractivity contribution in [3.63, 3.8) is 0 Å². The van der Waals surface area contributed by atoms with Crippen molar-refractivity contribution in [1.82, 2.24) is 0 Å². The molecule has 3 rings (SSSR count). The second-order valence-corrected chi connectivity index (χ2v) is 9.75. The Morgan fingerprint density at radius 3 is 2.27 bits per heavy atom. The quantitative estimate of drug-likeness (QED) is 0.307. The van der Waals surface area contributed by atoms with Crippen molar-refractivity contribution in [3.05, 3.63) is 33.9 Å². The highest BCUT2D eigenvalue weighted by molar-refractivity contribution is 5.71. The van der Waals surface area contributed by atoms with Crippen LogP contribution in [-0.4, -0.2) is 29.9 Å². The van der Waals surface area contributed by atoms with Gasteiger partial charge in [0.05, 0.1) is 11.6 Å². The average Bonchev–Trinajstić information content (AvgIpc) is 2.91. The van der Waals surface area contributed by atoms with Crippen LogP contribution in [0.4, 0.5) is 0 Å². The number of aromatic hydroxyl groups is 1. The van der Waals surface area contributed by atoms with E-state index in [4.69, 9.17) is 13.9 Å². The molecule has 1 aliphatic carbocycles. The summed E-state index contributed by atoms with van der Waals surface area (Å²) in [5.74, 6) is -0.0280. The van der Waals surface area contributed by atoms with Crippen molar-refractivity contribution in [3.8, 4) is 5.75 Å². The van der Waals surface area contributed by atoms with Crippen LogP contribution >= 0.6 is 0 Å². The van der Waals surface area contributed by atoms with Crippen molar-refractivity contribution in [2.45, 2.75) is 103 Å². The highest BCUT2D eigenvalue weighted by Gasteiger charge is 2.54. The van der Waals surface area contributed by atoms with Gasteiger partial charge in [0, 0.05) is 11.8 Å². The Morgan fingerprint density at radius 1 is 0.939 bits per heavy atom. The summed E-state index contributed by atoms with van der Waals surface area (Å²) < 4.78 is 17.5. The fourth-order valence-electron chi connectivity index (χ4n) is 5.38. The van der Waals surface area contributed by atoms with Gasteiger partial charge < -0.3 is 19.0 Å². The van der Waals surface area contributed by atoms with Gasteiger partial charge in [0.2, 0.25) is 0 Å². The SMILES string of the molecule is CCCCCCCCC1(CCCCCC)COC(=O)COC12C=Cc1c(O)cc(=O)oc1C2. The van der Waals surface area contributed by atoms with Crippen molar-refractivity contribution in [1.29, 1.82) is 0 Å². The smallest absolute Gasteiger partial charge is 0.339 e. The van der Waals surface area contributed by atoms with Gasteiger partial charge in [0.25, 0.3) is 0 Å². The minimum atomic E-state index is -0.814. The van der Waals surface area contributed by atoms with Crippen LogP contribution in [0, 0.1) is 5.41 Å². The third-order valence-electron chi connectivity index (χ3n) is 7.37. The molecule has 2 atom stereocenters. The molecular weight excluding hydrogens is 420 g/mol. The maximum absolute atomic E-state index is 12.3. The number of esters is 1. The van der Waals surface area contributed by atoms with Gasteiger partial charge in [-0.05, 0) is 18.9 Å². The summed E-state index contributed by atoms with van der Waals surface area (Å²) >= 11 is 0. The molecule has 1 N–H and O–H groups in total. The molecule has 1 fully saturated rings. The number of ether oxygens (including phenoxy) is 2.